The van der Waals surface area contributed by atoms with Gasteiger partial charge in [-0.2, -0.15) is 0 Å². The Morgan fingerprint density at radius 1 is 1.12 bits per heavy atom. The molecule has 7 nitrogen and oxygen atoms in total. The number of halogens is 1. The van der Waals surface area contributed by atoms with E-state index in [4.69, 9.17) is 26.6 Å². The summed E-state index contributed by atoms with van der Waals surface area (Å²) in [6, 6.07) is 13.1. The Morgan fingerprint density at radius 3 is 2.41 bits per heavy atom. The zero-order valence-electron chi connectivity index (χ0n) is 17.9. The highest BCUT2D eigenvalue weighted by atomic mass is 35.5. The lowest BCUT2D eigenvalue weighted by molar-refractivity contribution is -0.136. The largest absolute Gasteiger partial charge is 0.480 e. The third-order valence-electron chi connectivity index (χ3n) is 6.27. The van der Waals surface area contributed by atoms with E-state index in [2.05, 4.69) is 24.8 Å². The van der Waals surface area contributed by atoms with Crippen molar-refractivity contribution in [3.63, 3.8) is 0 Å². The highest BCUT2D eigenvalue weighted by Crippen LogP contribution is 2.55. The maximum atomic E-state index is 11.1. The molecule has 0 spiro atoms. The highest BCUT2D eigenvalue weighted by Gasteiger charge is 2.59. The van der Waals surface area contributed by atoms with E-state index in [0.717, 1.165) is 23.4 Å². The summed E-state index contributed by atoms with van der Waals surface area (Å²) in [4.78, 5) is 25.8. The van der Waals surface area contributed by atoms with Crippen LogP contribution < -0.4 is 9.80 Å². The summed E-state index contributed by atoms with van der Waals surface area (Å²) in [5.74, 6) is -2.17. The van der Waals surface area contributed by atoms with Crippen LogP contribution in [0.15, 0.2) is 48.5 Å². The maximum Gasteiger partial charge on any atom is 0.323 e. The number of ether oxygens (including phenoxy) is 1. The van der Waals surface area contributed by atoms with Gasteiger partial charge in [-0.05, 0) is 47.5 Å². The molecule has 2 N–H and O–H groups in total. The summed E-state index contributed by atoms with van der Waals surface area (Å²) in [7, 11) is 0. The summed E-state index contributed by atoms with van der Waals surface area (Å²) < 4.78 is 6.33. The molecule has 0 radical (unpaired) electrons. The summed E-state index contributed by atoms with van der Waals surface area (Å²) in [6.07, 6.45) is 4.05. The number of anilines is 2. The zero-order valence-corrected chi connectivity index (χ0v) is 18.7. The first-order valence-electron chi connectivity index (χ1n) is 10.3. The van der Waals surface area contributed by atoms with Gasteiger partial charge < -0.3 is 24.7 Å². The van der Waals surface area contributed by atoms with Gasteiger partial charge in [0.2, 0.25) is 0 Å². The van der Waals surface area contributed by atoms with Crippen LogP contribution in [0.3, 0.4) is 0 Å². The van der Waals surface area contributed by atoms with Crippen molar-refractivity contribution in [3.8, 4) is 0 Å². The second-order valence-corrected chi connectivity index (χ2v) is 8.99. The van der Waals surface area contributed by atoms with Crippen LogP contribution in [-0.4, -0.2) is 54.1 Å². The quantitative estimate of drug-likeness (QED) is 0.653. The van der Waals surface area contributed by atoms with Gasteiger partial charge in [0.1, 0.15) is 13.1 Å². The number of fused-ring (bicyclic) bond motifs is 3. The topological polar surface area (TPSA) is 90.3 Å². The minimum Gasteiger partial charge on any atom is -0.480 e. The molecule has 8 heteroatoms. The molecule has 4 rings (SSSR count). The Bertz CT molecular complexity index is 1070. The molecule has 2 aliphatic heterocycles. The van der Waals surface area contributed by atoms with E-state index < -0.39 is 17.7 Å². The molecular weight excluding hydrogens is 432 g/mol. The molecule has 1 fully saturated rings. The lowest BCUT2D eigenvalue weighted by atomic mass is 9.77. The van der Waals surface area contributed by atoms with E-state index in [1.807, 2.05) is 36.4 Å². The van der Waals surface area contributed by atoms with E-state index >= 15 is 0 Å². The van der Waals surface area contributed by atoms with Crippen molar-refractivity contribution in [3.05, 3.63) is 64.7 Å². The summed E-state index contributed by atoms with van der Waals surface area (Å²) in [5.41, 5.74) is 2.72. The third kappa shape index (κ3) is 3.72. The summed E-state index contributed by atoms with van der Waals surface area (Å²) in [5, 5.41) is 18.8. The van der Waals surface area contributed by atoms with Gasteiger partial charge in [-0.1, -0.05) is 43.7 Å². The normalized spacial score (nSPS) is 20.9. The lowest BCUT2D eigenvalue weighted by Gasteiger charge is -2.39. The molecule has 1 atom stereocenters. The fraction of sp³-hybridized carbons (Fsp3) is 0.333. The SMILES string of the molecule is CC1(C)c2cc(Cl)ccc2N2CCOC21C=Cc1ccc(N(CC(=O)O)CC(=O)O)cc1. The first kappa shape index (κ1) is 22.2. The molecule has 2 heterocycles. The summed E-state index contributed by atoms with van der Waals surface area (Å²) in [6.45, 7) is 4.92. The van der Waals surface area contributed by atoms with Crippen molar-refractivity contribution in [2.24, 2.45) is 0 Å². The van der Waals surface area contributed by atoms with Crippen LogP contribution in [0.5, 0.6) is 0 Å². The Labute approximate surface area is 191 Å². The molecule has 2 aliphatic rings. The zero-order chi connectivity index (χ0) is 23.1. The number of rotatable bonds is 7. The van der Waals surface area contributed by atoms with Gasteiger partial charge in [-0.15, -0.1) is 0 Å². The third-order valence-corrected chi connectivity index (χ3v) is 6.50. The van der Waals surface area contributed by atoms with E-state index in [-0.39, 0.29) is 18.5 Å². The van der Waals surface area contributed by atoms with Crippen LogP contribution in [-0.2, 0) is 19.7 Å². The molecule has 0 aliphatic carbocycles. The van der Waals surface area contributed by atoms with Crippen molar-refractivity contribution in [2.45, 2.75) is 25.0 Å². The molecule has 0 aromatic heterocycles. The van der Waals surface area contributed by atoms with E-state index in [9.17, 15) is 9.59 Å². The van der Waals surface area contributed by atoms with Gasteiger partial charge >= 0.3 is 11.9 Å². The number of aliphatic carboxylic acids is 2. The number of hydrogen-bond acceptors (Lipinski definition) is 5. The molecule has 2 aromatic carbocycles. The highest BCUT2D eigenvalue weighted by molar-refractivity contribution is 6.30. The minimum atomic E-state index is -1.09. The van der Waals surface area contributed by atoms with Crippen LogP contribution in [0.25, 0.3) is 6.08 Å². The average molecular weight is 457 g/mol. The predicted molar refractivity (Wildman–Crippen MR) is 123 cm³/mol. The van der Waals surface area contributed by atoms with E-state index in [1.54, 1.807) is 12.1 Å². The van der Waals surface area contributed by atoms with E-state index in [1.165, 1.54) is 4.90 Å². The van der Waals surface area contributed by atoms with Crippen LogP contribution >= 0.6 is 11.6 Å². The van der Waals surface area contributed by atoms with Crippen molar-refractivity contribution < 1.29 is 24.5 Å². The average Bonchev–Trinajstić information content (AvgIpc) is 3.23. The first-order chi connectivity index (χ1) is 15.1. The van der Waals surface area contributed by atoms with Gasteiger partial charge in [-0.3, -0.25) is 9.59 Å². The molecule has 32 heavy (non-hydrogen) atoms. The van der Waals surface area contributed by atoms with Gasteiger partial charge in [0, 0.05) is 28.4 Å². The number of carboxylic acids is 2. The second kappa shape index (κ2) is 8.15. The van der Waals surface area contributed by atoms with E-state index in [0.29, 0.717) is 17.3 Å². The molecule has 168 valence electrons. The molecular formula is C24H25ClN2O5. The predicted octanol–water partition coefficient (Wildman–Crippen LogP) is 3.85. The van der Waals surface area contributed by atoms with Gasteiger partial charge in [0.05, 0.1) is 6.61 Å². The standard InChI is InChI=1S/C24H25ClN2O5/c1-23(2)19-13-17(25)5-8-20(19)27-11-12-32-24(23,27)10-9-16-3-6-18(7-4-16)26(14-21(28)29)15-22(30)31/h3-10,13H,11-12,14-15H2,1-2H3,(H,28,29)(H,30,31). The van der Waals surface area contributed by atoms with Crippen LogP contribution in [0.4, 0.5) is 11.4 Å². The van der Waals surface area contributed by atoms with Crippen LogP contribution in [0.2, 0.25) is 5.02 Å². The minimum absolute atomic E-state index is 0.333. The Morgan fingerprint density at radius 2 is 1.78 bits per heavy atom. The number of hydrogen-bond donors (Lipinski definition) is 2. The molecule has 1 saturated heterocycles. The molecule has 2 aromatic rings. The molecule has 0 bridgehead atoms. The second-order valence-electron chi connectivity index (χ2n) is 8.55. The number of carboxylic acid groups (broad SMARTS) is 2. The molecule has 0 amide bonds. The Balaban J connectivity index is 1.61. The monoisotopic (exact) mass is 456 g/mol. The fourth-order valence-corrected chi connectivity index (χ4v) is 4.88. The molecule has 0 saturated carbocycles. The van der Waals surface area contributed by atoms with Crippen molar-refractivity contribution >= 4 is 41.0 Å². The fourth-order valence-electron chi connectivity index (χ4n) is 4.71. The lowest BCUT2D eigenvalue weighted by Crippen LogP contribution is -2.51. The Kier molecular flexibility index (Phi) is 5.65. The maximum absolute atomic E-state index is 11.1. The summed E-state index contributed by atoms with van der Waals surface area (Å²) >= 11 is 6.27. The van der Waals surface area contributed by atoms with Gasteiger partial charge in [0.15, 0.2) is 5.72 Å². The number of nitrogens with zero attached hydrogens (tertiary/aromatic N) is 2. The van der Waals surface area contributed by atoms with Crippen LogP contribution in [0, 0.1) is 0 Å². The number of benzene rings is 2. The number of carbonyl (C=O) groups is 2. The smallest absolute Gasteiger partial charge is 0.323 e. The molecule has 1 unspecified atom stereocenters. The van der Waals surface area contributed by atoms with Crippen molar-refractivity contribution in [2.75, 3.05) is 36.0 Å². The van der Waals surface area contributed by atoms with Crippen LogP contribution in [0.1, 0.15) is 25.0 Å². The Hall–Kier alpha value is -3.03. The van der Waals surface area contributed by atoms with Gasteiger partial charge in [0.25, 0.3) is 0 Å². The van der Waals surface area contributed by atoms with Crippen molar-refractivity contribution in [1.29, 1.82) is 0 Å². The van der Waals surface area contributed by atoms with Crippen molar-refractivity contribution in [1.82, 2.24) is 0 Å². The first-order valence-corrected chi connectivity index (χ1v) is 10.7. The van der Waals surface area contributed by atoms with Gasteiger partial charge in [-0.25, -0.2) is 0 Å².